The first kappa shape index (κ1) is 14.4. The van der Waals surface area contributed by atoms with Gasteiger partial charge in [-0.25, -0.2) is 9.97 Å². The number of nitrogens with one attached hydrogen (secondary N) is 1. The molecule has 1 heterocycles. The minimum absolute atomic E-state index is 0.124. The van der Waals surface area contributed by atoms with Crippen LogP contribution < -0.4 is 16.8 Å². The lowest BCUT2D eigenvalue weighted by Gasteiger charge is -2.31. The number of carbonyl (C=O) groups is 1. The number of nitrogens with two attached hydrogens (primary N) is 2. The summed E-state index contributed by atoms with van der Waals surface area (Å²) in [4.78, 5) is 19.8. The van der Waals surface area contributed by atoms with Gasteiger partial charge in [-0.1, -0.05) is 13.8 Å². The molecule has 0 bridgehead atoms. The van der Waals surface area contributed by atoms with Gasteiger partial charge in [0.25, 0.3) is 5.91 Å². The highest BCUT2D eigenvalue weighted by Gasteiger charge is 2.27. The zero-order chi connectivity index (χ0) is 13.8. The Balaban J connectivity index is 2.83. The first-order valence-corrected chi connectivity index (χ1v) is 5.97. The number of carbonyl (C=O) groups excluding carboxylic acids is 1. The maximum atomic E-state index is 12.1. The summed E-state index contributed by atoms with van der Waals surface area (Å²) >= 11 is 0. The van der Waals surface area contributed by atoms with E-state index in [0.717, 1.165) is 6.42 Å². The van der Waals surface area contributed by atoms with Crippen molar-refractivity contribution in [2.24, 2.45) is 11.7 Å². The van der Waals surface area contributed by atoms with Crippen LogP contribution in [0.15, 0.2) is 12.4 Å². The maximum Gasteiger partial charge on any atom is 0.274 e. The highest BCUT2D eigenvalue weighted by atomic mass is 16.2. The van der Waals surface area contributed by atoms with E-state index in [2.05, 4.69) is 29.1 Å². The van der Waals surface area contributed by atoms with E-state index in [1.807, 2.05) is 6.92 Å². The Labute approximate surface area is 107 Å². The highest BCUT2D eigenvalue weighted by molar-refractivity contribution is 5.96. The summed E-state index contributed by atoms with van der Waals surface area (Å²) in [6.45, 7) is 6.43. The smallest absolute Gasteiger partial charge is 0.274 e. The van der Waals surface area contributed by atoms with Crippen molar-refractivity contribution >= 4 is 11.7 Å². The standard InChI is InChI=1S/C12H21N5O/c1-8(2)6-12(3,7-13)17-11(18)9-10(14)16-5-4-15-9/h4-5,8H,6-7,13H2,1-3H3,(H2,14,16)(H,17,18). The van der Waals surface area contributed by atoms with E-state index in [-0.39, 0.29) is 17.4 Å². The van der Waals surface area contributed by atoms with Gasteiger partial charge in [0.15, 0.2) is 11.5 Å². The summed E-state index contributed by atoms with van der Waals surface area (Å²) in [7, 11) is 0. The number of anilines is 1. The monoisotopic (exact) mass is 251 g/mol. The van der Waals surface area contributed by atoms with Crippen LogP contribution in [-0.4, -0.2) is 28.0 Å². The van der Waals surface area contributed by atoms with Crippen LogP contribution in [0, 0.1) is 5.92 Å². The summed E-state index contributed by atoms with van der Waals surface area (Å²) in [5.41, 5.74) is 11.0. The van der Waals surface area contributed by atoms with Gasteiger partial charge in [0.1, 0.15) is 0 Å². The number of nitrogen functional groups attached to an aromatic ring is 1. The molecule has 0 saturated carbocycles. The predicted octanol–water partition coefficient (Wildman–Crippen LogP) is 0.552. The van der Waals surface area contributed by atoms with Crippen molar-refractivity contribution in [1.82, 2.24) is 15.3 Å². The third-order valence-corrected chi connectivity index (χ3v) is 2.67. The van der Waals surface area contributed by atoms with Gasteiger partial charge in [-0.15, -0.1) is 0 Å². The molecule has 1 unspecified atom stereocenters. The summed E-state index contributed by atoms with van der Waals surface area (Å²) in [5.74, 6) is 0.214. The SMILES string of the molecule is CC(C)CC(C)(CN)NC(=O)c1nccnc1N. The van der Waals surface area contributed by atoms with Crippen LogP contribution in [0.2, 0.25) is 0 Å². The molecule has 6 heteroatoms. The lowest BCUT2D eigenvalue weighted by molar-refractivity contribution is 0.0894. The van der Waals surface area contributed by atoms with E-state index in [1.54, 1.807) is 0 Å². The molecule has 0 saturated heterocycles. The minimum Gasteiger partial charge on any atom is -0.382 e. The van der Waals surface area contributed by atoms with Gasteiger partial charge in [-0.05, 0) is 19.3 Å². The molecule has 1 rings (SSSR count). The van der Waals surface area contributed by atoms with Crippen molar-refractivity contribution in [2.75, 3.05) is 12.3 Å². The zero-order valence-corrected chi connectivity index (χ0v) is 11.1. The van der Waals surface area contributed by atoms with Crippen molar-refractivity contribution in [1.29, 1.82) is 0 Å². The summed E-state index contributed by atoms with van der Waals surface area (Å²) in [5, 5.41) is 2.89. The largest absolute Gasteiger partial charge is 0.382 e. The summed E-state index contributed by atoms with van der Waals surface area (Å²) in [6, 6.07) is 0. The third kappa shape index (κ3) is 3.66. The Bertz CT molecular complexity index is 421. The van der Waals surface area contributed by atoms with E-state index in [0.29, 0.717) is 12.5 Å². The molecule has 18 heavy (non-hydrogen) atoms. The van der Waals surface area contributed by atoms with E-state index < -0.39 is 5.54 Å². The Morgan fingerprint density at radius 2 is 2.06 bits per heavy atom. The number of hydrogen-bond acceptors (Lipinski definition) is 5. The molecule has 1 amide bonds. The molecule has 0 aliphatic rings. The van der Waals surface area contributed by atoms with Crippen molar-refractivity contribution in [3.8, 4) is 0 Å². The molecule has 6 nitrogen and oxygen atoms in total. The molecule has 1 aromatic heterocycles. The average Bonchev–Trinajstić information content (AvgIpc) is 2.28. The molecule has 0 radical (unpaired) electrons. The molecule has 5 N–H and O–H groups in total. The van der Waals surface area contributed by atoms with Crippen molar-refractivity contribution in [3.05, 3.63) is 18.1 Å². The van der Waals surface area contributed by atoms with Crippen LogP contribution in [0.25, 0.3) is 0 Å². The van der Waals surface area contributed by atoms with Crippen LogP contribution >= 0.6 is 0 Å². The fourth-order valence-electron chi connectivity index (χ4n) is 1.94. The lowest BCUT2D eigenvalue weighted by Crippen LogP contribution is -2.52. The molecule has 0 aliphatic carbocycles. The fraction of sp³-hybridized carbons (Fsp3) is 0.583. The second-order valence-corrected chi connectivity index (χ2v) is 5.11. The molecule has 0 spiro atoms. The molecule has 0 fully saturated rings. The first-order chi connectivity index (χ1) is 8.38. The Morgan fingerprint density at radius 1 is 1.44 bits per heavy atom. The van der Waals surface area contributed by atoms with Crippen LogP contribution in [0.5, 0.6) is 0 Å². The molecule has 0 aliphatic heterocycles. The number of amides is 1. The molecule has 1 atom stereocenters. The van der Waals surface area contributed by atoms with E-state index in [1.165, 1.54) is 12.4 Å². The Morgan fingerprint density at radius 3 is 2.56 bits per heavy atom. The van der Waals surface area contributed by atoms with Crippen LogP contribution in [0.3, 0.4) is 0 Å². The lowest BCUT2D eigenvalue weighted by atomic mass is 9.90. The normalized spacial score (nSPS) is 14.3. The van der Waals surface area contributed by atoms with Crippen LogP contribution in [-0.2, 0) is 0 Å². The third-order valence-electron chi connectivity index (χ3n) is 2.67. The maximum absolute atomic E-state index is 12.1. The number of rotatable bonds is 5. The van der Waals surface area contributed by atoms with Gasteiger partial charge in [-0.2, -0.15) is 0 Å². The quantitative estimate of drug-likeness (QED) is 0.708. The van der Waals surface area contributed by atoms with Crippen molar-refractivity contribution in [3.63, 3.8) is 0 Å². The second-order valence-electron chi connectivity index (χ2n) is 5.11. The second kappa shape index (κ2) is 5.77. The van der Waals surface area contributed by atoms with Gasteiger partial charge in [0, 0.05) is 18.9 Å². The van der Waals surface area contributed by atoms with Gasteiger partial charge in [0.05, 0.1) is 5.54 Å². The molecule has 100 valence electrons. The van der Waals surface area contributed by atoms with Crippen molar-refractivity contribution in [2.45, 2.75) is 32.7 Å². The van der Waals surface area contributed by atoms with Crippen LogP contribution in [0.4, 0.5) is 5.82 Å². The van der Waals surface area contributed by atoms with E-state index in [9.17, 15) is 4.79 Å². The van der Waals surface area contributed by atoms with Crippen molar-refractivity contribution < 1.29 is 4.79 Å². The fourth-order valence-corrected chi connectivity index (χ4v) is 1.94. The zero-order valence-electron chi connectivity index (χ0n) is 11.1. The van der Waals surface area contributed by atoms with Gasteiger partial charge >= 0.3 is 0 Å². The highest BCUT2D eigenvalue weighted by Crippen LogP contribution is 2.16. The average molecular weight is 251 g/mol. The number of aromatic nitrogens is 2. The minimum atomic E-state index is -0.463. The van der Waals surface area contributed by atoms with E-state index in [4.69, 9.17) is 11.5 Å². The summed E-state index contributed by atoms with van der Waals surface area (Å²) < 4.78 is 0. The number of hydrogen-bond donors (Lipinski definition) is 3. The molecule has 0 aromatic carbocycles. The Kier molecular flexibility index (Phi) is 4.61. The van der Waals surface area contributed by atoms with Crippen LogP contribution in [0.1, 0.15) is 37.7 Å². The summed E-state index contributed by atoms with van der Waals surface area (Å²) in [6.07, 6.45) is 3.67. The van der Waals surface area contributed by atoms with Gasteiger partial charge in [-0.3, -0.25) is 4.79 Å². The Hall–Kier alpha value is -1.69. The van der Waals surface area contributed by atoms with E-state index >= 15 is 0 Å². The number of nitrogens with zero attached hydrogens (tertiary/aromatic N) is 2. The first-order valence-electron chi connectivity index (χ1n) is 5.97. The molecular formula is C12H21N5O. The molecular weight excluding hydrogens is 230 g/mol. The van der Waals surface area contributed by atoms with Gasteiger partial charge < -0.3 is 16.8 Å². The topological polar surface area (TPSA) is 107 Å². The predicted molar refractivity (Wildman–Crippen MR) is 70.8 cm³/mol. The van der Waals surface area contributed by atoms with Gasteiger partial charge in [0.2, 0.25) is 0 Å². The molecule has 1 aromatic rings.